The molecule has 106 valence electrons. The number of nitrogens with two attached hydrogens (primary N) is 1. The summed E-state index contributed by atoms with van der Waals surface area (Å²) in [6.45, 7) is 5.71. The Morgan fingerprint density at radius 3 is 2.74 bits per heavy atom. The van der Waals surface area contributed by atoms with Crippen LogP contribution in [0.5, 0.6) is 0 Å². The van der Waals surface area contributed by atoms with Crippen molar-refractivity contribution in [2.24, 2.45) is 5.73 Å². The predicted molar refractivity (Wildman–Crippen MR) is 69.7 cm³/mol. The van der Waals surface area contributed by atoms with Crippen LogP contribution in [0.4, 0.5) is 8.78 Å². The van der Waals surface area contributed by atoms with E-state index in [4.69, 9.17) is 10.5 Å². The Morgan fingerprint density at radius 2 is 2.16 bits per heavy atom. The summed E-state index contributed by atoms with van der Waals surface area (Å²) >= 11 is 0. The van der Waals surface area contributed by atoms with Gasteiger partial charge < -0.3 is 10.5 Å². The second-order valence-corrected chi connectivity index (χ2v) is 5.09. The Balaban J connectivity index is 2.39. The van der Waals surface area contributed by atoms with Crippen molar-refractivity contribution in [1.29, 1.82) is 0 Å². The van der Waals surface area contributed by atoms with E-state index in [-0.39, 0.29) is 18.2 Å². The molecule has 0 amide bonds. The molecule has 2 unspecified atom stereocenters. The highest BCUT2D eigenvalue weighted by Crippen LogP contribution is 2.32. The van der Waals surface area contributed by atoms with Crippen LogP contribution in [0.1, 0.15) is 25.5 Å². The summed E-state index contributed by atoms with van der Waals surface area (Å²) in [5.41, 5.74) is 6.17. The highest BCUT2D eigenvalue weighted by atomic mass is 19.1. The molecule has 1 aromatic carbocycles. The monoisotopic (exact) mass is 270 g/mol. The molecule has 5 heteroatoms. The first-order chi connectivity index (χ1) is 9.04. The van der Waals surface area contributed by atoms with Crippen molar-refractivity contribution in [2.75, 3.05) is 19.7 Å². The first kappa shape index (κ1) is 14.4. The zero-order valence-electron chi connectivity index (χ0n) is 11.3. The average Bonchev–Trinajstić information content (AvgIpc) is 2.38. The van der Waals surface area contributed by atoms with Crippen LogP contribution in [0, 0.1) is 11.6 Å². The number of hydrogen-bond donors (Lipinski definition) is 1. The van der Waals surface area contributed by atoms with E-state index in [1.807, 2.05) is 13.8 Å². The van der Waals surface area contributed by atoms with Crippen molar-refractivity contribution in [3.63, 3.8) is 0 Å². The molecule has 19 heavy (non-hydrogen) atoms. The number of rotatable bonds is 3. The minimum absolute atomic E-state index is 0.243. The van der Waals surface area contributed by atoms with Crippen LogP contribution < -0.4 is 5.73 Å². The second kappa shape index (κ2) is 5.94. The maximum atomic E-state index is 14.0. The fourth-order valence-corrected chi connectivity index (χ4v) is 2.65. The quantitative estimate of drug-likeness (QED) is 0.914. The van der Waals surface area contributed by atoms with Crippen LogP contribution in [0.2, 0.25) is 0 Å². The van der Waals surface area contributed by atoms with E-state index < -0.39 is 11.6 Å². The zero-order chi connectivity index (χ0) is 14.0. The molecule has 0 aliphatic carbocycles. The SMILES string of the molecule is CC(C)N1CCOC(CN)C1c1ccc(F)cc1F. The van der Waals surface area contributed by atoms with E-state index in [0.29, 0.717) is 18.7 Å². The molecular weight excluding hydrogens is 250 g/mol. The van der Waals surface area contributed by atoms with Crippen molar-refractivity contribution in [3.8, 4) is 0 Å². The van der Waals surface area contributed by atoms with E-state index in [1.165, 1.54) is 12.1 Å². The maximum absolute atomic E-state index is 14.0. The topological polar surface area (TPSA) is 38.5 Å². The Morgan fingerprint density at radius 1 is 1.42 bits per heavy atom. The molecule has 1 aliphatic rings. The zero-order valence-corrected chi connectivity index (χ0v) is 11.3. The van der Waals surface area contributed by atoms with Gasteiger partial charge in [0.15, 0.2) is 0 Å². The normalized spacial score (nSPS) is 24.9. The molecule has 2 N–H and O–H groups in total. The summed E-state index contributed by atoms with van der Waals surface area (Å²) in [4.78, 5) is 2.15. The van der Waals surface area contributed by atoms with Crippen LogP contribution in [0.15, 0.2) is 18.2 Å². The molecule has 0 aromatic heterocycles. The van der Waals surface area contributed by atoms with E-state index in [9.17, 15) is 8.78 Å². The molecule has 2 rings (SSSR count). The van der Waals surface area contributed by atoms with Gasteiger partial charge in [0.05, 0.1) is 18.8 Å². The first-order valence-electron chi connectivity index (χ1n) is 6.57. The van der Waals surface area contributed by atoms with Crippen molar-refractivity contribution < 1.29 is 13.5 Å². The summed E-state index contributed by atoms with van der Waals surface area (Å²) in [5.74, 6) is -1.11. The molecule has 0 bridgehead atoms. The molecule has 0 spiro atoms. The van der Waals surface area contributed by atoms with Gasteiger partial charge in [-0.2, -0.15) is 0 Å². The molecule has 1 heterocycles. The number of benzene rings is 1. The highest BCUT2D eigenvalue weighted by molar-refractivity contribution is 5.24. The number of hydrogen-bond acceptors (Lipinski definition) is 3. The second-order valence-electron chi connectivity index (χ2n) is 5.09. The number of halogens is 2. The van der Waals surface area contributed by atoms with Gasteiger partial charge in [-0.15, -0.1) is 0 Å². The lowest BCUT2D eigenvalue weighted by atomic mass is 9.96. The molecule has 1 aromatic rings. The molecule has 0 radical (unpaired) electrons. The van der Waals surface area contributed by atoms with Crippen LogP contribution in [0.3, 0.4) is 0 Å². The van der Waals surface area contributed by atoms with E-state index >= 15 is 0 Å². The highest BCUT2D eigenvalue weighted by Gasteiger charge is 2.35. The Hall–Kier alpha value is -1.04. The largest absolute Gasteiger partial charge is 0.374 e. The van der Waals surface area contributed by atoms with E-state index in [0.717, 1.165) is 12.6 Å². The van der Waals surface area contributed by atoms with Crippen LogP contribution in [-0.4, -0.2) is 36.7 Å². The molecular formula is C14H20F2N2O. The Labute approximate surface area is 112 Å². The summed E-state index contributed by atoms with van der Waals surface area (Å²) in [5, 5.41) is 0. The van der Waals surface area contributed by atoms with Gasteiger partial charge in [0, 0.05) is 30.8 Å². The summed E-state index contributed by atoms with van der Waals surface area (Å²) < 4.78 is 32.7. The van der Waals surface area contributed by atoms with Gasteiger partial charge in [-0.25, -0.2) is 8.78 Å². The third-order valence-corrected chi connectivity index (χ3v) is 3.57. The van der Waals surface area contributed by atoms with Gasteiger partial charge in [-0.3, -0.25) is 4.90 Å². The third-order valence-electron chi connectivity index (χ3n) is 3.57. The van der Waals surface area contributed by atoms with Gasteiger partial charge in [0.2, 0.25) is 0 Å². The van der Waals surface area contributed by atoms with Gasteiger partial charge in [0.1, 0.15) is 11.6 Å². The minimum atomic E-state index is -0.571. The summed E-state index contributed by atoms with van der Waals surface area (Å²) in [6, 6.07) is 3.66. The van der Waals surface area contributed by atoms with Crippen molar-refractivity contribution in [1.82, 2.24) is 4.90 Å². The molecule has 1 fully saturated rings. The fraction of sp³-hybridized carbons (Fsp3) is 0.571. The molecule has 3 nitrogen and oxygen atoms in total. The van der Waals surface area contributed by atoms with Crippen molar-refractivity contribution in [2.45, 2.75) is 32.0 Å². The minimum Gasteiger partial charge on any atom is -0.374 e. The van der Waals surface area contributed by atoms with Gasteiger partial charge >= 0.3 is 0 Å². The molecule has 1 saturated heterocycles. The van der Waals surface area contributed by atoms with Crippen LogP contribution in [-0.2, 0) is 4.74 Å². The summed E-state index contributed by atoms with van der Waals surface area (Å²) in [6.07, 6.45) is -0.267. The van der Waals surface area contributed by atoms with Crippen molar-refractivity contribution >= 4 is 0 Å². The standard InChI is InChI=1S/C14H20F2N2O/c1-9(2)18-5-6-19-13(8-17)14(18)11-4-3-10(15)7-12(11)16/h3-4,7,9,13-14H,5-6,8,17H2,1-2H3. The number of morpholine rings is 1. The lowest BCUT2D eigenvalue weighted by molar-refractivity contribution is -0.0799. The van der Waals surface area contributed by atoms with E-state index in [2.05, 4.69) is 4.90 Å². The first-order valence-corrected chi connectivity index (χ1v) is 6.57. The summed E-state index contributed by atoms with van der Waals surface area (Å²) in [7, 11) is 0. The van der Waals surface area contributed by atoms with Crippen LogP contribution >= 0.6 is 0 Å². The molecule has 2 atom stereocenters. The van der Waals surface area contributed by atoms with Gasteiger partial charge in [-0.05, 0) is 19.9 Å². The number of nitrogens with zero attached hydrogens (tertiary/aromatic N) is 1. The maximum Gasteiger partial charge on any atom is 0.131 e. The van der Waals surface area contributed by atoms with Crippen LogP contribution in [0.25, 0.3) is 0 Å². The van der Waals surface area contributed by atoms with Gasteiger partial charge in [-0.1, -0.05) is 6.07 Å². The van der Waals surface area contributed by atoms with E-state index in [1.54, 1.807) is 0 Å². The lowest BCUT2D eigenvalue weighted by Gasteiger charge is -2.43. The lowest BCUT2D eigenvalue weighted by Crippen LogP contribution is -2.51. The predicted octanol–water partition coefficient (Wildman–Crippen LogP) is 2.07. The molecule has 1 aliphatic heterocycles. The Bertz CT molecular complexity index is 439. The van der Waals surface area contributed by atoms with Crippen molar-refractivity contribution in [3.05, 3.63) is 35.4 Å². The third kappa shape index (κ3) is 2.94. The number of ether oxygens (including phenoxy) is 1. The smallest absolute Gasteiger partial charge is 0.131 e. The van der Waals surface area contributed by atoms with Gasteiger partial charge in [0.25, 0.3) is 0 Å². The molecule has 0 saturated carbocycles. The Kier molecular flexibility index (Phi) is 4.50. The fourth-order valence-electron chi connectivity index (χ4n) is 2.65. The average molecular weight is 270 g/mol.